The van der Waals surface area contributed by atoms with Gasteiger partial charge in [-0.25, -0.2) is 12.7 Å². The fraction of sp³-hybridized carbons (Fsp3) is 0.588. The van der Waals surface area contributed by atoms with Crippen molar-refractivity contribution in [3.8, 4) is 0 Å². The molecule has 1 aliphatic rings. The average molecular weight is 338 g/mol. The summed E-state index contributed by atoms with van der Waals surface area (Å²) in [6, 6.07) is 5.92. The number of piperidine rings is 1. The highest BCUT2D eigenvalue weighted by Crippen LogP contribution is 2.24. The maximum atomic E-state index is 12.5. The highest BCUT2D eigenvalue weighted by atomic mass is 32.2. The first-order valence-electron chi connectivity index (χ1n) is 8.20. The SMILES string of the molecule is CCCS(=O)(=O)N1CCC(C(=O)Nc2c(C)cccc2C)CC1. The van der Waals surface area contributed by atoms with E-state index in [1.165, 1.54) is 4.31 Å². The second kappa shape index (κ2) is 7.45. The Hall–Kier alpha value is -1.40. The minimum absolute atomic E-state index is 0.00469. The Bertz CT molecular complexity index is 642. The molecule has 0 aromatic heterocycles. The summed E-state index contributed by atoms with van der Waals surface area (Å²) in [7, 11) is -3.15. The van der Waals surface area contributed by atoms with Gasteiger partial charge in [0.05, 0.1) is 5.75 Å². The third kappa shape index (κ3) is 4.32. The molecule has 1 fully saturated rings. The number of rotatable bonds is 5. The molecule has 2 rings (SSSR count). The van der Waals surface area contributed by atoms with Gasteiger partial charge in [-0.1, -0.05) is 25.1 Å². The number of para-hydroxylation sites is 1. The average Bonchev–Trinajstić information content (AvgIpc) is 2.51. The number of anilines is 1. The summed E-state index contributed by atoms with van der Waals surface area (Å²) in [6.07, 6.45) is 1.79. The van der Waals surface area contributed by atoms with E-state index in [0.29, 0.717) is 32.4 Å². The van der Waals surface area contributed by atoms with E-state index in [2.05, 4.69) is 5.32 Å². The van der Waals surface area contributed by atoms with Gasteiger partial charge < -0.3 is 5.32 Å². The number of benzene rings is 1. The Morgan fingerprint density at radius 2 is 1.78 bits per heavy atom. The lowest BCUT2D eigenvalue weighted by molar-refractivity contribution is -0.120. The monoisotopic (exact) mass is 338 g/mol. The number of sulfonamides is 1. The minimum Gasteiger partial charge on any atom is -0.325 e. The maximum absolute atomic E-state index is 12.5. The van der Waals surface area contributed by atoms with E-state index in [0.717, 1.165) is 16.8 Å². The van der Waals surface area contributed by atoms with Crippen molar-refractivity contribution < 1.29 is 13.2 Å². The molecule has 0 unspecified atom stereocenters. The molecule has 1 heterocycles. The van der Waals surface area contributed by atoms with E-state index < -0.39 is 10.0 Å². The molecule has 1 aliphatic heterocycles. The van der Waals surface area contributed by atoms with Crippen LogP contribution in [-0.4, -0.2) is 37.5 Å². The van der Waals surface area contributed by atoms with Crippen molar-refractivity contribution in [2.75, 3.05) is 24.2 Å². The fourth-order valence-corrected chi connectivity index (χ4v) is 4.56. The number of nitrogens with one attached hydrogen (secondary N) is 1. The fourth-order valence-electron chi connectivity index (χ4n) is 3.02. The van der Waals surface area contributed by atoms with Crippen LogP contribution in [0.1, 0.15) is 37.3 Å². The van der Waals surface area contributed by atoms with Crippen molar-refractivity contribution in [3.05, 3.63) is 29.3 Å². The molecule has 0 radical (unpaired) electrons. The molecular formula is C17H26N2O3S. The largest absolute Gasteiger partial charge is 0.325 e. The van der Waals surface area contributed by atoms with E-state index in [4.69, 9.17) is 0 Å². The van der Waals surface area contributed by atoms with Gasteiger partial charge in [0.2, 0.25) is 15.9 Å². The molecule has 1 amide bonds. The Morgan fingerprint density at radius 1 is 1.22 bits per heavy atom. The van der Waals surface area contributed by atoms with Crippen LogP contribution in [0.2, 0.25) is 0 Å². The second-order valence-corrected chi connectivity index (χ2v) is 8.33. The molecule has 0 saturated carbocycles. The van der Waals surface area contributed by atoms with Crippen molar-refractivity contribution >= 4 is 21.6 Å². The van der Waals surface area contributed by atoms with Gasteiger partial charge in [0, 0.05) is 24.7 Å². The number of amides is 1. The number of aryl methyl sites for hydroxylation is 2. The first-order valence-corrected chi connectivity index (χ1v) is 9.81. The molecular weight excluding hydrogens is 312 g/mol. The third-order valence-corrected chi connectivity index (χ3v) is 6.49. The van der Waals surface area contributed by atoms with Crippen molar-refractivity contribution in [1.29, 1.82) is 0 Å². The number of hydrogen-bond acceptors (Lipinski definition) is 3. The first-order chi connectivity index (χ1) is 10.8. The van der Waals surface area contributed by atoms with Gasteiger partial charge in [-0.15, -0.1) is 0 Å². The predicted molar refractivity (Wildman–Crippen MR) is 92.9 cm³/mol. The lowest BCUT2D eigenvalue weighted by atomic mass is 9.96. The van der Waals surface area contributed by atoms with Gasteiger partial charge in [-0.3, -0.25) is 4.79 Å². The van der Waals surface area contributed by atoms with E-state index in [9.17, 15) is 13.2 Å². The zero-order chi connectivity index (χ0) is 17.0. The zero-order valence-corrected chi connectivity index (χ0v) is 14.9. The van der Waals surface area contributed by atoms with Crippen molar-refractivity contribution in [1.82, 2.24) is 4.31 Å². The highest BCUT2D eigenvalue weighted by Gasteiger charge is 2.30. The highest BCUT2D eigenvalue weighted by molar-refractivity contribution is 7.89. The van der Waals surface area contributed by atoms with Crippen LogP contribution in [0.25, 0.3) is 0 Å². The van der Waals surface area contributed by atoms with E-state index in [1.807, 2.05) is 39.0 Å². The number of carbonyl (C=O) groups excluding carboxylic acids is 1. The number of hydrogen-bond donors (Lipinski definition) is 1. The standard InChI is InChI=1S/C17H26N2O3S/c1-4-12-23(21,22)19-10-8-15(9-11-19)17(20)18-16-13(2)6-5-7-14(16)3/h5-7,15H,4,8-12H2,1-3H3,(H,18,20). The molecule has 6 heteroatoms. The second-order valence-electron chi connectivity index (χ2n) is 6.25. The van der Waals surface area contributed by atoms with Gasteiger partial charge >= 0.3 is 0 Å². The molecule has 0 spiro atoms. The van der Waals surface area contributed by atoms with Crippen LogP contribution in [0.4, 0.5) is 5.69 Å². The van der Waals surface area contributed by atoms with Crippen LogP contribution >= 0.6 is 0 Å². The Labute approximate surface area is 139 Å². The Balaban J connectivity index is 1.96. The summed E-state index contributed by atoms with van der Waals surface area (Å²) in [5.41, 5.74) is 2.96. The number of nitrogens with zero attached hydrogens (tertiary/aromatic N) is 1. The van der Waals surface area contributed by atoms with E-state index in [-0.39, 0.29) is 17.6 Å². The Morgan fingerprint density at radius 3 is 2.30 bits per heavy atom. The molecule has 128 valence electrons. The first kappa shape index (κ1) is 17.9. The lowest BCUT2D eigenvalue weighted by Crippen LogP contribution is -2.42. The van der Waals surface area contributed by atoms with Gasteiger partial charge in [-0.05, 0) is 44.2 Å². The van der Waals surface area contributed by atoms with Crippen LogP contribution in [0, 0.1) is 19.8 Å². The molecule has 0 aliphatic carbocycles. The van der Waals surface area contributed by atoms with Gasteiger partial charge in [-0.2, -0.15) is 0 Å². The number of carbonyl (C=O) groups is 1. The third-order valence-electron chi connectivity index (χ3n) is 4.41. The summed E-state index contributed by atoms with van der Waals surface area (Å²) in [4.78, 5) is 12.5. The van der Waals surface area contributed by atoms with E-state index in [1.54, 1.807) is 0 Å². The molecule has 0 bridgehead atoms. The lowest BCUT2D eigenvalue weighted by Gasteiger charge is -2.30. The van der Waals surface area contributed by atoms with Crippen molar-refractivity contribution in [2.45, 2.75) is 40.0 Å². The van der Waals surface area contributed by atoms with Gasteiger partial charge in [0.15, 0.2) is 0 Å². The van der Waals surface area contributed by atoms with Crippen LogP contribution < -0.4 is 5.32 Å². The zero-order valence-electron chi connectivity index (χ0n) is 14.1. The molecule has 0 atom stereocenters. The predicted octanol–water partition coefficient (Wildman–Crippen LogP) is 2.69. The van der Waals surface area contributed by atoms with Crippen LogP contribution in [0.3, 0.4) is 0 Å². The molecule has 1 aromatic rings. The van der Waals surface area contributed by atoms with Gasteiger partial charge in [0.1, 0.15) is 0 Å². The molecule has 23 heavy (non-hydrogen) atoms. The topological polar surface area (TPSA) is 66.5 Å². The quantitative estimate of drug-likeness (QED) is 0.897. The summed E-state index contributed by atoms with van der Waals surface area (Å²) in [5.74, 6) is 0.0590. The van der Waals surface area contributed by atoms with E-state index >= 15 is 0 Å². The van der Waals surface area contributed by atoms with Crippen LogP contribution in [0.15, 0.2) is 18.2 Å². The van der Waals surface area contributed by atoms with Crippen molar-refractivity contribution in [3.63, 3.8) is 0 Å². The van der Waals surface area contributed by atoms with Crippen LogP contribution in [0.5, 0.6) is 0 Å². The maximum Gasteiger partial charge on any atom is 0.227 e. The van der Waals surface area contributed by atoms with Crippen molar-refractivity contribution in [2.24, 2.45) is 5.92 Å². The summed E-state index contributed by atoms with van der Waals surface area (Å²) >= 11 is 0. The minimum atomic E-state index is -3.15. The molecule has 1 N–H and O–H groups in total. The smallest absolute Gasteiger partial charge is 0.227 e. The normalized spacial score (nSPS) is 17.2. The van der Waals surface area contributed by atoms with Gasteiger partial charge in [0.25, 0.3) is 0 Å². The molecule has 1 saturated heterocycles. The summed E-state index contributed by atoms with van der Waals surface area (Å²) in [5, 5.41) is 3.02. The molecule has 5 nitrogen and oxygen atoms in total. The summed E-state index contributed by atoms with van der Waals surface area (Å²) in [6.45, 7) is 6.69. The van der Waals surface area contributed by atoms with Crippen LogP contribution in [-0.2, 0) is 14.8 Å². The summed E-state index contributed by atoms with van der Waals surface area (Å²) < 4.78 is 25.7. The Kier molecular flexibility index (Phi) is 5.81. The molecule has 1 aromatic carbocycles.